The van der Waals surface area contributed by atoms with Gasteiger partial charge in [0.25, 0.3) is 0 Å². The third-order valence-electron chi connectivity index (χ3n) is 5.01. The molecule has 4 rings (SSSR count). The van der Waals surface area contributed by atoms with E-state index >= 15 is 0 Å². The standard InChI is InChI=1S/C21H22N2O5S3/c1-15-3-7-17(8-4-15)30(24,25)19-20(23-11-13-28-14-12-23)29-21(22-19)31(26,27)18-9-5-16(2)6-10-18/h3-10H,11-14H2,1-2H3. The molecule has 0 spiro atoms. The van der Waals surface area contributed by atoms with Gasteiger partial charge in [-0.15, -0.1) is 0 Å². The van der Waals surface area contributed by atoms with Crippen LogP contribution in [0.5, 0.6) is 0 Å². The second-order valence-electron chi connectivity index (χ2n) is 7.32. The number of benzene rings is 2. The third kappa shape index (κ3) is 4.25. The summed E-state index contributed by atoms with van der Waals surface area (Å²) in [5.74, 6) is 0. The zero-order valence-electron chi connectivity index (χ0n) is 17.1. The molecule has 1 aliphatic rings. The molecule has 0 unspecified atom stereocenters. The number of aryl methyl sites for hydroxylation is 2. The van der Waals surface area contributed by atoms with Crippen LogP contribution < -0.4 is 4.90 Å². The summed E-state index contributed by atoms with van der Waals surface area (Å²) in [6.45, 7) is 5.52. The van der Waals surface area contributed by atoms with Crippen molar-refractivity contribution < 1.29 is 21.6 Å². The number of sulfone groups is 2. The Morgan fingerprint density at radius 2 is 1.29 bits per heavy atom. The van der Waals surface area contributed by atoms with Crippen LogP contribution in [0.25, 0.3) is 0 Å². The molecule has 0 N–H and O–H groups in total. The van der Waals surface area contributed by atoms with E-state index in [1.807, 2.05) is 18.7 Å². The Labute approximate surface area is 186 Å². The molecule has 1 aliphatic heterocycles. The minimum Gasteiger partial charge on any atom is -0.378 e. The fraction of sp³-hybridized carbons (Fsp3) is 0.286. The van der Waals surface area contributed by atoms with E-state index in [1.54, 1.807) is 24.3 Å². The van der Waals surface area contributed by atoms with E-state index in [9.17, 15) is 16.8 Å². The molecule has 164 valence electrons. The van der Waals surface area contributed by atoms with Crippen molar-refractivity contribution in [3.63, 3.8) is 0 Å². The summed E-state index contributed by atoms with van der Waals surface area (Å²) in [6.07, 6.45) is 0. The maximum absolute atomic E-state index is 13.4. The smallest absolute Gasteiger partial charge is 0.233 e. The zero-order chi connectivity index (χ0) is 22.2. The normalized spacial score (nSPS) is 15.2. The van der Waals surface area contributed by atoms with Crippen LogP contribution in [0.15, 0.2) is 67.7 Å². The summed E-state index contributed by atoms with van der Waals surface area (Å²) in [6, 6.07) is 12.9. The van der Waals surface area contributed by atoms with Crippen LogP contribution in [0.2, 0.25) is 0 Å². The van der Waals surface area contributed by atoms with Crippen LogP contribution in [0.4, 0.5) is 5.00 Å². The average molecular weight is 479 g/mol. The topological polar surface area (TPSA) is 93.6 Å². The molecule has 2 aromatic carbocycles. The Morgan fingerprint density at radius 1 is 0.806 bits per heavy atom. The molecule has 10 heteroatoms. The predicted octanol–water partition coefficient (Wildman–Crippen LogP) is 3.26. The van der Waals surface area contributed by atoms with Crippen LogP contribution in [0.3, 0.4) is 0 Å². The molecule has 1 fully saturated rings. The lowest BCUT2D eigenvalue weighted by Gasteiger charge is -2.27. The molecular weight excluding hydrogens is 456 g/mol. The van der Waals surface area contributed by atoms with Crippen molar-refractivity contribution in [3.8, 4) is 0 Å². The molecule has 31 heavy (non-hydrogen) atoms. The first kappa shape index (κ1) is 21.9. The predicted molar refractivity (Wildman–Crippen MR) is 118 cm³/mol. The van der Waals surface area contributed by atoms with Gasteiger partial charge in [0.15, 0.2) is 5.03 Å². The number of nitrogens with zero attached hydrogens (tertiary/aromatic N) is 2. The molecule has 1 saturated heterocycles. The Balaban J connectivity index is 1.87. The molecule has 7 nitrogen and oxygen atoms in total. The first-order valence-corrected chi connectivity index (χ1v) is 13.4. The molecule has 0 bridgehead atoms. The van der Waals surface area contributed by atoms with Crippen molar-refractivity contribution >= 4 is 36.0 Å². The Morgan fingerprint density at radius 3 is 1.81 bits per heavy atom. The van der Waals surface area contributed by atoms with Gasteiger partial charge in [-0.2, -0.15) is 0 Å². The van der Waals surface area contributed by atoms with Crippen molar-refractivity contribution in [1.82, 2.24) is 4.98 Å². The highest BCUT2D eigenvalue weighted by atomic mass is 32.2. The number of aromatic nitrogens is 1. The maximum Gasteiger partial charge on any atom is 0.233 e. The summed E-state index contributed by atoms with van der Waals surface area (Å²) in [4.78, 5) is 6.18. The lowest BCUT2D eigenvalue weighted by Crippen LogP contribution is -2.36. The van der Waals surface area contributed by atoms with Crippen molar-refractivity contribution in [3.05, 3.63) is 59.7 Å². The van der Waals surface area contributed by atoms with Crippen molar-refractivity contribution in [2.24, 2.45) is 0 Å². The van der Waals surface area contributed by atoms with E-state index in [-0.39, 0.29) is 19.2 Å². The summed E-state index contributed by atoms with van der Waals surface area (Å²) >= 11 is 0.889. The molecule has 2 heterocycles. The fourth-order valence-electron chi connectivity index (χ4n) is 3.18. The largest absolute Gasteiger partial charge is 0.378 e. The Bertz CT molecular complexity index is 1290. The van der Waals surface area contributed by atoms with Gasteiger partial charge in [0.1, 0.15) is 5.00 Å². The SMILES string of the molecule is Cc1ccc(S(=O)(=O)c2nc(S(=O)(=O)c3ccc(C)cc3)c(N3CCOCC3)s2)cc1. The first-order valence-electron chi connectivity index (χ1n) is 9.66. The van der Waals surface area contributed by atoms with Gasteiger partial charge in [0, 0.05) is 13.1 Å². The highest BCUT2D eigenvalue weighted by Gasteiger charge is 2.34. The van der Waals surface area contributed by atoms with Crippen LogP contribution in [-0.4, -0.2) is 48.1 Å². The number of hydrogen-bond acceptors (Lipinski definition) is 8. The summed E-state index contributed by atoms with van der Waals surface area (Å²) in [5, 5.41) is 0.100. The molecule has 1 aromatic heterocycles. The monoisotopic (exact) mass is 478 g/mol. The average Bonchev–Trinajstić information content (AvgIpc) is 3.22. The van der Waals surface area contributed by atoms with E-state index in [1.165, 1.54) is 24.3 Å². The number of thiazole rings is 1. The second kappa shape index (κ2) is 8.34. The molecule has 0 radical (unpaired) electrons. The van der Waals surface area contributed by atoms with Crippen LogP contribution >= 0.6 is 11.3 Å². The molecule has 0 atom stereocenters. The lowest BCUT2D eigenvalue weighted by atomic mass is 10.2. The molecule has 3 aromatic rings. The third-order valence-corrected chi connectivity index (χ3v) is 10.1. The summed E-state index contributed by atoms with van der Waals surface area (Å²) in [7, 11) is -7.97. The minimum atomic E-state index is -4.01. The van der Waals surface area contributed by atoms with Gasteiger partial charge in [0.2, 0.25) is 24.0 Å². The second-order valence-corrected chi connectivity index (χ2v) is 12.3. The maximum atomic E-state index is 13.4. The molecule has 0 saturated carbocycles. The highest BCUT2D eigenvalue weighted by Crippen LogP contribution is 2.39. The number of hydrogen-bond donors (Lipinski definition) is 0. The van der Waals surface area contributed by atoms with Gasteiger partial charge in [-0.05, 0) is 38.1 Å². The number of morpholine rings is 1. The van der Waals surface area contributed by atoms with Gasteiger partial charge < -0.3 is 9.64 Å². The van der Waals surface area contributed by atoms with Crippen LogP contribution in [0, 0.1) is 13.8 Å². The van der Waals surface area contributed by atoms with Crippen LogP contribution in [0.1, 0.15) is 11.1 Å². The molecular formula is C21H22N2O5S3. The van der Waals surface area contributed by atoms with Crippen molar-refractivity contribution in [2.45, 2.75) is 33.0 Å². The van der Waals surface area contributed by atoms with E-state index in [0.29, 0.717) is 31.3 Å². The quantitative estimate of drug-likeness (QED) is 0.556. The first-order chi connectivity index (χ1) is 14.7. The van der Waals surface area contributed by atoms with E-state index < -0.39 is 19.7 Å². The van der Waals surface area contributed by atoms with Gasteiger partial charge >= 0.3 is 0 Å². The molecule has 0 amide bonds. The zero-order valence-corrected chi connectivity index (χ0v) is 19.6. The summed E-state index contributed by atoms with van der Waals surface area (Å²) < 4.78 is 58.4. The fourth-order valence-corrected chi connectivity index (χ4v) is 7.66. The van der Waals surface area contributed by atoms with E-state index in [4.69, 9.17) is 4.74 Å². The molecule has 0 aliphatic carbocycles. The van der Waals surface area contributed by atoms with Gasteiger partial charge in [-0.25, -0.2) is 21.8 Å². The highest BCUT2D eigenvalue weighted by molar-refractivity contribution is 7.94. The number of anilines is 1. The Hall–Kier alpha value is -2.27. The lowest BCUT2D eigenvalue weighted by molar-refractivity contribution is 0.123. The van der Waals surface area contributed by atoms with Gasteiger partial charge in [-0.1, -0.05) is 46.7 Å². The van der Waals surface area contributed by atoms with Gasteiger partial charge in [0.05, 0.1) is 23.0 Å². The van der Waals surface area contributed by atoms with Crippen molar-refractivity contribution in [2.75, 3.05) is 31.2 Å². The minimum absolute atomic E-state index is 0.0807. The Kier molecular flexibility index (Phi) is 5.91. The summed E-state index contributed by atoms with van der Waals surface area (Å²) in [5.41, 5.74) is 1.85. The number of rotatable bonds is 5. The van der Waals surface area contributed by atoms with Crippen LogP contribution in [-0.2, 0) is 24.4 Å². The van der Waals surface area contributed by atoms with Gasteiger partial charge in [-0.3, -0.25) is 0 Å². The van der Waals surface area contributed by atoms with E-state index in [2.05, 4.69) is 4.98 Å². The van der Waals surface area contributed by atoms with Crippen molar-refractivity contribution in [1.29, 1.82) is 0 Å². The number of ether oxygens (including phenoxy) is 1. The van der Waals surface area contributed by atoms with E-state index in [0.717, 1.165) is 22.5 Å².